The average Bonchev–Trinajstić information content (AvgIpc) is 2.10. The molecule has 1 fully saturated rings. The number of nitrogens with one attached hydrogen (secondary N) is 1. The molecule has 1 atom stereocenters. The zero-order valence-electron chi connectivity index (χ0n) is 9.39. The highest BCUT2D eigenvalue weighted by Crippen LogP contribution is 2.17. The van der Waals surface area contributed by atoms with Crippen LogP contribution >= 0.6 is 0 Å². The molecule has 0 aromatic heterocycles. The van der Waals surface area contributed by atoms with Crippen molar-refractivity contribution in [2.24, 2.45) is 0 Å². The zero-order chi connectivity index (χ0) is 10.2. The molecule has 1 rings (SSSR count). The summed E-state index contributed by atoms with van der Waals surface area (Å²) in [7, 11) is 0. The van der Waals surface area contributed by atoms with Crippen LogP contribution in [0.25, 0.3) is 0 Å². The molecule has 0 heterocycles. The topological polar surface area (TPSA) is 12.0 Å². The minimum Gasteiger partial charge on any atom is -0.311 e. The van der Waals surface area contributed by atoms with E-state index in [0.29, 0.717) is 6.04 Å². The third kappa shape index (κ3) is 4.67. The fourth-order valence-corrected chi connectivity index (χ4v) is 2.26. The van der Waals surface area contributed by atoms with Crippen LogP contribution in [0.3, 0.4) is 0 Å². The van der Waals surface area contributed by atoms with Crippen molar-refractivity contribution in [1.29, 1.82) is 0 Å². The smallest absolute Gasteiger partial charge is 0.0238 e. The Morgan fingerprint density at radius 2 is 1.79 bits per heavy atom. The SMILES string of the molecule is C#CCC(C)NC1CCCCCCC1. The van der Waals surface area contributed by atoms with Gasteiger partial charge in [0.05, 0.1) is 0 Å². The van der Waals surface area contributed by atoms with Gasteiger partial charge in [-0.1, -0.05) is 32.1 Å². The van der Waals surface area contributed by atoms with Gasteiger partial charge >= 0.3 is 0 Å². The summed E-state index contributed by atoms with van der Waals surface area (Å²) < 4.78 is 0. The maximum Gasteiger partial charge on any atom is 0.0238 e. The number of hydrogen-bond donors (Lipinski definition) is 1. The van der Waals surface area contributed by atoms with Gasteiger partial charge in [0.1, 0.15) is 0 Å². The molecular weight excluding hydrogens is 170 g/mol. The van der Waals surface area contributed by atoms with Crippen LogP contribution < -0.4 is 5.32 Å². The quantitative estimate of drug-likeness (QED) is 0.679. The molecule has 1 heteroatoms. The summed E-state index contributed by atoms with van der Waals surface area (Å²) >= 11 is 0. The van der Waals surface area contributed by atoms with Crippen LogP contribution in [0.2, 0.25) is 0 Å². The molecular formula is C13H23N. The van der Waals surface area contributed by atoms with Crippen molar-refractivity contribution in [2.45, 2.75) is 70.4 Å². The fraction of sp³-hybridized carbons (Fsp3) is 0.846. The predicted molar refractivity (Wildman–Crippen MR) is 62.2 cm³/mol. The first kappa shape index (κ1) is 11.6. The molecule has 1 saturated carbocycles. The van der Waals surface area contributed by atoms with Gasteiger partial charge in [-0.05, 0) is 19.8 Å². The first-order chi connectivity index (χ1) is 6.83. The molecule has 80 valence electrons. The van der Waals surface area contributed by atoms with E-state index in [1.54, 1.807) is 0 Å². The van der Waals surface area contributed by atoms with Crippen LogP contribution in [-0.2, 0) is 0 Å². The summed E-state index contributed by atoms with van der Waals surface area (Å²) in [5, 5.41) is 3.64. The lowest BCUT2D eigenvalue weighted by Gasteiger charge is -2.24. The standard InChI is InChI=1S/C13H23N/c1-3-9-12(2)14-13-10-7-5-4-6-8-11-13/h1,12-14H,4-11H2,2H3. The predicted octanol–water partition coefficient (Wildman–Crippen LogP) is 3.10. The van der Waals surface area contributed by atoms with Crippen LogP contribution in [-0.4, -0.2) is 12.1 Å². The van der Waals surface area contributed by atoms with Crippen LogP contribution in [0, 0.1) is 12.3 Å². The van der Waals surface area contributed by atoms with Crippen LogP contribution in [0.4, 0.5) is 0 Å². The molecule has 1 aliphatic carbocycles. The van der Waals surface area contributed by atoms with Crippen molar-refractivity contribution < 1.29 is 0 Å². The second-order valence-electron chi connectivity index (χ2n) is 4.52. The minimum absolute atomic E-state index is 0.490. The molecule has 0 aromatic rings. The van der Waals surface area contributed by atoms with E-state index in [-0.39, 0.29) is 0 Å². The van der Waals surface area contributed by atoms with Crippen LogP contribution in [0.5, 0.6) is 0 Å². The Balaban J connectivity index is 2.23. The highest BCUT2D eigenvalue weighted by Gasteiger charge is 2.12. The summed E-state index contributed by atoms with van der Waals surface area (Å²) in [5.74, 6) is 2.72. The molecule has 0 saturated heterocycles. The van der Waals surface area contributed by atoms with E-state index < -0.39 is 0 Å². The third-order valence-electron chi connectivity index (χ3n) is 3.05. The summed E-state index contributed by atoms with van der Waals surface area (Å²) in [6.07, 6.45) is 15.9. The molecule has 1 unspecified atom stereocenters. The molecule has 0 amide bonds. The van der Waals surface area contributed by atoms with Gasteiger partial charge in [-0.2, -0.15) is 0 Å². The normalized spacial score (nSPS) is 22.0. The van der Waals surface area contributed by atoms with Gasteiger partial charge in [-0.25, -0.2) is 0 Å². The van der Waals surface area contributed by atoms with Gasteiger partial charge in [-0.3, -0.25) is 0 Å². The Bertz CT molecular complexity index is 172. The summed E-state index contributed by atoms with van der Waals surface area (Å²) in [5.41, 5.74) is 0. The van der Waals surface area contributed by atoms with Gasteiger partial charge in [0, 0.05) is 18.5 Å². The second kappa shape index (κ2) is 6.90. The van der Waals surface area contributed by atoms with Crippen molar-refractivity contribution >= 4 is 0 Å². The van der Waals surface area contributed by atoms with E-state index in [4.69, 9.17) is 6.42 Å². The lowest BCUT2D eigenvalue weighted by molar-refractivity contribution is 0.361. The first-order valence-electron chi connectivity index (χ1n) is 6.02. The van der Waals surface area contributed by atoms with Gasteiger partial charge < -0.3 is 5.32 Å². The fourth-order valence-electron chi connectivity index (χ4n) is 2.26. The van der Waals surface area contributed by atoms with Gasteiger partial charge in [0.15, 0.2) is 0 Å². The van der Waals surface area contributed by atoms with Crippen LogP contribution in [0.15, 0.2) is 0 Å². The van der Waals surface area contributed by atoms with Gasteiger partial charge in [-0.15, -0.1) is 12.3 Å². The van der Waals surface area contributed by atoms with Crippen molar-refractivity contribution in [2.75, 3.05) is 0 Å². The monoisotopic (exact) mass is 193 g/mol. The number of rotatable bonds is 3. The molecule has 0 spiro atoms. The number of hydrogen-bond acceptors (Lipinski definition) is 1. The Labute approximate surface area is 88.7 Å². The van der Waals surface area contributed by atoms with Crippen molar-refractivity contribution in [3.8, 4) is 12.3 Å². The summed E-state index contributed by atoms with van der Waals surface area (Å²) in [6, 6.07) is 1.21. The first-order valence-corrected chi connectivity index (χ1v) is 6.02. The van der Waals surface area contributed by atoms with Crippen LogP contribution in [0.1, 0.15) is 58.3 Å². The van der Waals surface area contributed by atoms with E-state index in [2.05, 4.69) is 18.2 Å². The summed E-state index contributed by atoms with van der Waals surface area (Å²) in [4.78, 5) is 0. The average molecular weight is 193 g/mol. The molecule has 1 aliphatic rings. The Hall–Kier alpha value is -0.480. The highest BCUT2D eigenvalue weighted by atomic mass is 14.9. The molecule has 0 radical (unpaired) electrons. The third-order valence-corrected chi connectivity index (χ3v) is 3.05. The Morgan fingerprint density at radius 1 is 1.21 bits per heavy atom. The Morgan fingerprint density at radius 3 is 2.36 bits per heavy atom. The van der Waals surface area contributed by atoms with Crippen molar-refractivity contribution in [3.05, 3.63) is 0 Å². The summed E-state index contributed by atoms with van der Waals surface area (Å²) in [6.45, 7) is 2.19. The van der Waals surface area contributed by atoms with Crippen molar-refractivity contribution in [3.63, 3.8) is 0 Å². The van der Waals surface area contributed by atoms with E-state index in [0.717, 1.165) is 12.5 Å². The lowest BCUT2D eigenvalue weighted by atomic mass is 9.96. The maximum atomic E-state index is 5.30. The van der Waals surface area contributed by atoms with E-state index in [1.807, 2.05) is 0 Å². The molecule has 0 aliphatic heterocycles. The van der Waals surface area contributed by atoms with Gasteiger partial charge in [0.2, 0.25) is 0 Å². The second-order valence-corrected chi connectivity index (χ2v) is 4.52. The molecule has 1 N–H and O–H groups in total. The van der Waals surface area contributed by atoms with E-state index in [1.165, 1.54) is 44.9 Å². The van der Waals surface area contributed by atoms with Gasteiger partial charge in [0.25, 0.3) is 0 Å². The Kier molecular flexibility index (Phi) is 5.71. The largest absolute Gasteiger partial charge is 0.311 e. The molecule has 0 aromatic carbocycles. The van der Waals surface area contributed by atoms with Crippen molar-refractivity contribution in [1.82, 2.24) is 5.32 Å². The minimum atomic E-state index is 0.490. The number of terminal acetylenes is 1. The van der Waals surface area contributed by atoms with E-state index >= 15 is 0 Å². The molecule has 1 nitrogen and oxygen atoms in total. The van der Waals surface area contributed by atoms with E-state index in [9.17, 15) is 0 Å². The molecule has 14 heavy (non-hydrogen) atoms. The highest BCUT2D eigenvalue weighted by molar-refractivity contribution is 4.89. The maximum absolute atomic E-state index is 5.30. The lowest BCUT2D eigenvalue weighted by Crippen LogP contribution is -2.36. The zero-order valence-corrected chi connectivity index (χ0v) is 9.39. The molecule has 0 bridgehead atoms.